The van der Waals surface area contributed by atoms with E-state index in [4.69, 9.17) is 0 Å². The first-order valence-corrected chi connectivity index (χ1v) is 7.33. The molecule has 0 aromatic heterocycles. The summed E-state index contributed by atoms with van der Waals surface area (Å²) in [4.78, 5) is 23.9. The smallest absolute Gasteiger partial charge is 0.313 e. The van der Waals surface area contributed by atoms with Gasteiger partial charge in [-0.15, -0.1) is 0 Å². The van der Waals surface area contributed by atoms with Crippen molar-refractivity contribution in [2.75, 3.05) is 5.32 Å². The first-order chi connectivity index (χ1) is 10.6. The Balaban J connectivity index is 1.99. The van der Waals surface area contributed by atoms with E-state index in [0.717, 1.165) is 28.8 Å². The summed E-state index contributed by atoms with van der Waals surface area (Å²) < 4.78 is 0. The second kappa shape index (κ2) is 7.41. The van der Waals surface area contributed by atoms with Crippen LogP contribution in [0.2, 0.25) is 0 Å². The monoisotopic (exact) mass is 296 g/mol. The van der Waals surface area contributed by atoms with E-state index in [9.17, 15) is 9.59 Å². The first-order valence-electron chi connectivity index (χ1n) is 7.33. The highest BCUT2D eigenvalue weighted by Crippen LogP contribution is 2.20. The molecule has 2 rings (SSSR count). The number of amides is 2. The lowest BCUT2D eigenvalue weighted by Crippen LogP contribution is -2.35. The summed E-state index contributed by atoms with van der Waals surface area (Å²) in [5.41, 5.74) is 3.64. The van der Waals surface area contributed by atoms with Crippen LogP contribution < -0.4 is 10.6 Å². The van der Waals surface area contributed by atoms with Crippen LogP contribution in [-0.4, -0.2) is 11.8 Å². The van der Waals surface area contributed by atoms with Crippen LogP contribution in [0.4, 0.5) is 5.69 Å². The van der Waals surface area contributed by atoms with Gasteiger partial charge >= 0.3 is 11.8 Å². The highest BCUT2D eigenvalue weighted by molar-refractivity contribution is 6.39. The van der Waals surface area contributed by atoms with Gasteiger partial charge in [-0.1, -0.05) is 55.5 Å². The molecule has 0 saturated heterocycles. The Bertz CT molecular complexity index is 666. The zero-order valence-electron chi connectivity index (χ0n) is 12.8. The molecule has 2 aromatic rings. The van der Waals surface area contributed by atoms with Gasteiger partial charge in [-0.2, -0.15) is 0 Å². The standard InChI is InChI=1S/C18H20N2O2/c1-3-15-11-7-8-13(2)16(15)20-18(22)17(21)19-12-14-9-5-4-6-10-14/h4-11H,3,12H2,1-2H3,(H,19,21)(H,20,22). The third kappa shape index (κ3) is 3.95. The number of aryl methyl sites for hydroxylation is 2. The van der Waals surface area contributed by atoms with Gasteiger partial charge in [0.25, 0.3) is 0 Å². The van der Waals surface area contributed by atoms with Crippen LogP contribution >= 0.6 is 0 Å². The molecule has 0 saturated carbocycles. The maximum atomic E-state index is 12.0. The maximum absolute atomic E-state index is 12.0. The average Bonchev–Trinajstić information content (AvgIpc) is 2.55. The summed E-state index contributed by atoms with van der Waals surface area (Å²) >= 11 is 0. The molecule has 2 aromatic carbocycles. The Morgan fingerprint density at radius 1 is 0.955 bits per heavy atom. The number of nitrogens with one attached hydrogen (secondary N) is 2. The summed E-state index contributed by atoms with van der Waals surface area (Å²) in [6, 6.07) is 15.3. The number of carbonyl (C=O) groups excluding carboxylic acids is 2. The Morgan fingerprint density at radius 3 is 2.36 bits per heavy atom. The van der Waals surface area contributed by atoms with Crippen LogP contribution in [-0.2, 0) is 22.6 Å². The molecule has 0 aliphatic heterocycles. The van der Waals surface area contributed by atoms with Crippen molar-refractivity contribution in [2.45, 2.75) is 26.8 Å². The van der Waals surface area contributed by atoms with Gasteiger partial charge in [-0.05, 0) is 30.0 Å². The zero-order valence-corrected chi connectivity index (χ0v) is 12.8. The summed E-state index contributed by atoms with van der Waals surface area (Å²) in [7, 11) is 0. The number of hydrogen-bond donors (Lipinski definition) is 2. The van der Waals surface area contributed by atoms with Crippen LogP contribution in [0, 0.1) is 6.92 Å². The zero-order chi connectivity index (χ0) is 15.9. The van der Waals surface area contributed by atoms with Crippen molar-refractivity contribution in [3.8, 4) is 0 Å². The van der Waals surface area contributed by atoms with E-state index in [0.29, 0.717) is 6.54 Å². The fourth-order valence-electron chi connectivity index (χ4n) is 2.23. The molecule has 0 fully saturated rings. The molecule has 0 aliphatic carbocycles. The highest BCUT2D eigenvalue weighted by atomic mass is 16.2. The largest absolute Gasteiger partial charge is 0.344 e. The Morgan fingerprint density at radius 2 is 1.68 bits per heavy atom. The minimum Gasteiger partial charge on any atom is -0.344 e. The number of hydrogen-bond acceptors (Lipinski definition) is 2. The highest BCUT2D eigenvalue weighted by Gasteiger charge is 2.15. The van der Waals surface area contributed by atoms with E-state index in [2.05, 4.69) is 10.6 Å². The lowest BCUT2D eigenvalue weighted by atomic mass is 10.1. The van der Waals surface area contributed by atoms with Crippen molar-refractivity contribution in [2.24, 2.45) is 0 Å². The lowest BCUT2D eigenvalue weighted by molar-refractivity contribution is -0.136. The molecule has 114 valence electrons. The van der Waals surface area contributed by atoms with Gasteiger partial charge in [0.2, 0.25) is 0 Å². The van der Waals surface area contributed by atoms with Gasteiger partial charge in [-0.3, -0.25) is 9.59 Å². The fourth-order valence-corrected chi connectivity index (χ4v) is 2.23. The maximum Gasteiger partial charge on any atom is 0.313 e. The summed E-state index contributed by atoms with van der Waals surface area (Å²) in [6.45, 7) is 4.26. The lowest BCUT2D eigenvalue weighted by Gasteiger charge is -2.12. The van der Waals surface area contributed by atoms with Crippen LogP contribution in [0.25, 0.3) is 0 Å². The van der Waals surface area contributed by atoms with Crippen molar-refractivity contribution in [3.63, 3.8) is 0 Å². The molecule has 2 N–H and O–H groups in total. The number of carbonyl (C=O) groups is 2. The molecule has 0 spiro atoms. The molecule has 22 heavy (non-hydrogen) atoms. The Labute approximate surface area is 130 Å². The van der Waals surface area contributed by atoms with Gasteiger partial charge < -0.3 is 10.6 Å². The SMILES string of the molecule is CCc1cccc(C)c1NC(=O)C(=O)NCc1ccccc1. The molecule has 0 heterocycles. The van der Waals surface area contributed by atoms with Gasteiger partial charge in [0, 0.05) is 12.2 Å². The molecule has 0 aliphatic rings. The first kappa shape index (κ1) is 15.8. The summed E-state index contributed by atoms with van der Waals surface area (Å²) in [6.07, 6.45) is 0.795. The molecule has 4 heteroatoms. The van der Waals surface area contributed by atoms with Gasteiger partial charge in [0.05, 0.1) is 0 Å². The number of para-hydroxylation sites is 1. The van der Waals surface area contributed by atoms with E-state index in [-0.39, 0.29) is 0 Å². The number of benzene rings is 2. The van der Waals surface area contributed by atoms with Crippen molar-refractivity contribution >= 4 is 17.5 Å². The second-order valence-electron chi connectivity index (χ2n) is 5.08. The molecule has 0 unspecified atom stereocenters. The Hall–Kier alpha value is -2.62. The fraction of sp³-hybridized carbons (Fsp3) is 0.222. The van der Waals surface area contributed by atoms with Gasteiger partial charge in [-0.25, -0.2) is 0 Å². The van der Waals surface area contributed by atoms with E-state index in [1.54, 1.807) is 0 Å². The third-order valence-corrected chi connectivity index (χ3v) is 3.48. The predicted molar refractivity (Wildman–Crippen MR) is 87.5 cm³/mol. The van der Waals surface area contributed by atoms with Crippen molar-refractivity contribution in [1.82, 2.24) is 5.32 Å². The normalized spacial score (nSPS) is 10.1. The van der Waals surface area contributed by atoms with Crippen LogP contribution in [0.1, 0.15) is 23.6 Å². The van der Waals surface area contributed by atoms with Crippen molar-refractivity contribution in [3.05, 3.63) is 65.2 Å². The third-order valence-electron chi connectivity index (χ3n) is 3.48. The molecule has 0 bridgehead atoms. The molecule has 4 nitrogen and oxygen atoms in total. The van der Waals surface area contributed by atoms with E-state index < -0.39 is 11.8 Å². The quantitative estimate of drug-likeness (QED) is 0.852. The molecular weight excluding hydrogens is 276 g/mol. The van der Waals surface area contributed by atoms with Crippen molar-refractivity contribution < 1.29 is 9.59 Å². The van der Waals surface area contributed by atoms with Crippen molar-refractivity contribution in [1.29, 1.82) is 0 Å². The second-order valence-corrected chi connectivity index (χ2v) is 5.08. The van der Waals surface area contributed by atoms with Gasteiger partial charge in [0.15, 0.2) is 0 Å². The summed E-state index contributed by atoms with van der Waals surface area (Å²) in [5, 5.41) is 5.34. The summed E-state index contributed by atoms with van der Waals surface area (Å²) in [5.74, 6) is -1.27. The predicted octanol–water partition coefficient (Wildman–Crippen LogP) is 2.81. The van der Waals surface area contributed by atoms with E-state index in [1.807, 2.05) is 62.4 Å². The molecule has 0 radical (unpaired) electrons. The van der Waals surface area contributed by atoms with Gasteiger partial charge in [0.1, 0.15) is 0 Å². The number of rotatable bonds is 4. The van der Waals surface area contributed by atoms with Crippen LogP contribution in [0.5, 0.6) is 0 Å². The van der Waals surface area contributed by atoms with E-state index >= 15 is 0 Å². The van der Waals surface area contributed by atoms with Crippen LogP contribution in [0.3, 0.4) is 0 Å². The number of anilines is 1. The molecule has 2 amide bonds. The van der Waals surface area contributed by atoms with E-state index in [1.165, 1.54) is 0 Å². The minimum absolute atomic E-state index is 0.335. The molecule has 0 atom stereocenters. The topological polar surface area (TPSA) is 58.2 Å². The Kier molecular flexibility index (Phi) is 5.31. The average molecular weight is 296 g/mol. The minimum atomic E-state index is -0.639. The molecular formula is C18H20N2O2. The van der Waals surface area contributed by atoms with Crippen LogP contribution in [0.15, 0.2) is 48.5 Å².